The highest BCUT2D eigenvalue weighted by Crippen LogP contribution is 2.16. The van der Waals surface area contributed by atoms with E-state index in [9.17, 15) is 4.79 Å². The third-order valence-electron chi connectivity index (χ3n) is 4.49. The van der Waals surface area contributed by atoms with Crippen molar-refractivity contribution in [1.82, 2.24) is 21.3 Å². The molecule has 1 fully saturated rings. The van der Waals surface area contributed by atoms with Crippen molar-refractivity contribution in [3.05, 3.63) is 35.9 Å². The van der Waals surface area contributed by atoms with Gasteiger partial charge >= 0.3 is 0 Å². The van der Waals surface area contributed by atoms with Crippen LogP contribution in [0, 0.1) is 0 Å². The van der Waals surface area contributed by atoms with E-state index in [1.54, 1.807) is 0 Å². The number of rotatable bonds is 7. The molecule has 27 heavy (non-hydrogen) atoms. The van der Waals surface area contributed by atoms with E-state index in [-0.39, 0.29) is 47.5 Å². The van der Waals surface area contributed by atoms with Crippen LogP contribution in [0.1, 0.15) is 52.1 Å². The molecular weight excluding hydrogens is 453 g/mol. The lowest BCUT2D eigenvalue weighted by atomic mass is 10.0. The van der Waals surface area contributed by atoms with Crippen LogP contribution in [0.4, 0.5) is 0 Å². The molecule has 2 rings (SSSR count). The first-order valence-electron chi connectivity index (χ1n) is 9.54. The van der Waals surface area contributed by atoms with Crippen molar-refractivity contribution in [3.8, 4) is 0 Å². The van der Waals surface area contributed by atoms with Crippen LogP contribution in [-0.4, -0.2) is 43.1 Å². The van der Waals surface area contributed by atoms with Gasteiger partial charge in [-0.2, -0.15) is 0 Å². The summed E-state index contributed by atoms with van der Waals surface area (Å²) in [5, 5.41) is 13.3. The highest BCUT2D eigenvalue weighted by atomic mass is 127. The molecule has 4 N–H and O–H groups in total. The van der Waals surface area contributed by atoms with Gasteiger partial charge in [-0.25, -0.2) is 0 Å². The van der Waals surface area contributed by atoms with Crippen LogP contribution < -0.4 is 21.3 Å². The van der Waals surface area contributed by atoms with E-state index in [1.807, 2.05) is 6.07 Å². The molecule has 0 aromatic heterocycles. The minimum absolute atomic E-state index is 0. The van der Waals surface area contributed by atoms with E-state index in [1.165, 1.54) is 5.56 Å². The molecule has 1 aromatic rings. The number of nitrogens with zero attached hydrogens (tertiary/aromatic N) is 1. The van der Waals surface area contributed by atoms with Crippen LogP contribution >= 0.6 is 24.0 Å². The lowest BCUT2D eigenvalue weighted by Crippen LogP contribution is -2.52. The maximum absolute atomic E-state index is 11.3. The number of hydrogen-bond donors (Lipinski definition) is 4. The van der Waals surface area contributed by atoms with Gasteiger partial charge < -0.3 is 21.3 Å². The number of hydrogen-bond acceptors (Lipinski definition) is 3. The van der Waals surface area contributed by atoms with Crippen LogP contribution in [0.25, 0.3) is 0 Å². The molecule has 0 saturated carbocycles. The van der Waals surface area contributed by atoms with E-state index < -0.39 is 0 Å². The minimum atomic E-state index is -0.140. The number of guanidine groups is 1. The number of amides is 1. The maximum atomic E-state index is 11.3. The molecule has 1 heterocycles. The topological polar surface area (TPSA) is 77.6 Å². The lowest BCUT2D eigenvalue weighted by Gasteiger charge is -2.30. The molecule has 1 aromatic carbocycles. The second-order valence-electron chi connectivity index (χ2n) is 7.54. The summed E-state index contributed by atoms with van der Waals surface area (Å²) in [6, 6.07) is 10.9. The van der Waals surface area contributed by atoms with Gasteiger partial charge in [0.25, 0.3) is 0 Å². The van der Waals surface area contributed by atoms with Crippen molar-refractivity contribution in [2.75, 3.05) is 19.6 Å². The Bertz CT molecular complexity index is 596. The Morgan fingerprint density at radius 1 is 1.33 bits per heavy atom. The zero-order valence-corrected chi connectivity index (χ0v) is 19.2. The molecule has 1 saturated heterocycles. The molecule has 2 unspecified atom stereocenters. The Morgan fingerprint density at radius 2 is 2.04 bits per heavy atom. The molecule has 1 aliphatic heterocycles. The Hall–Kier alpha value is -1.35. The largest absolute Gasteiger partial charge is 0.357 e. The van der Waals surface area contributed by atoms with E-state index in [0.717, 1.165) is 18.9 Å². The van der Waals surface area contributed by atoms with Gasteiger partial charge in [0.05, 0.1) is 6.54 Å². The average molecular weight is 487 g/mol. The van der Waals surface area contributed by atoms with Crippen molar-refractivity contribution >= 4 is 35.8 Å². The zero-order valence-electron chi connectivity index (χ0n) is 16.8. The van der Waals surface area contributed by atoms with Gasteiger partial charge in [0, 0.05) is 37.1 Å². The molecule has 0 aliphatic carbocycles. The number of carbonyl (C=O) groups excluding carboxylic acids is 1. The summed E-state index contributed by atoms with van der Waals surface area (Å²) in [4.78, 5) is 16.1. The highest BCUT2D eigenvalue weighted by molar-refractivity contribution is 14.0. The van der Waals surface area contributed by atoms with Gasteiger partial charge in [0.1, 0.15) is 0 Å². The summed E-state index contributed by atoms with van der Waals surface area (Å²) >= 11 is 0. The second kappa shape index (κ2) is 11.5. The highest BCUT2D eigenvalue weighted by Gasteiger charge is 2.22. The van der Waals surface area contributed by atoms with Gasteiger partial charge in [0.2, 0.25) is 5.91 Å². The first-order valence-corrected chi connectivity index (χ1v) is 9.54. The van der Waals surface area contributed by atoms with Crippen molar-refractivity contribution in [3.63, 3.8) is 0 Å². The molecule has 1 amide bonds. The quantitative estimate of drug-likeness (QED) is 0.271. The smallest absolute Gasteiger partial charge is 0.220 e. The zero-order chi connectivity index (χ0) is 19.0. The minimum Gasteiger partial charge on any atom is -0.357 e. The van der Waals surface area contributed by atoms with Gasteiger partial charge in [-0.1, -0.05) is 30.3 Å². The van der Waals surface area contributed by atoms with Crippen LogP contribution in [-0.2, 0) is 4.79 Å². The molecule has 1 aliphatic rings. The van der Waals surface area contributed by atoms with Crippen molar-refractivity contribution < 1.29 is 4.79 Å². The van der Waals surface area contributed by atoms with Gasteiger partial charge in [-0.15, -0.1) is 24.0 Å². The molecule has 152 valence electrons. The fraction of sp³-hybridized carbons (Fsp3) is 0.600. The van der Waals surface area contributed by atoms with Crippen molar-refractivity contribution in [2.45, 2.75) is 58.2 Å². The fourth-order valence-corrected chi connectivity index (χ4v) is 3.10. The molecule has 0 bridgehead atoms. The third-order valence-corrected chi connectivity index (χ3v) is 4.49. The van der Waals surface area contributed by atoms with Crippen LogP contribution in [0.15, 0.2) is 35.3 Å². The summed E-state index contributed by atoms with van der Waals surface area (Å²) in [5.74, 6) is 0.932. The van der Waals surface area contributed by atoms with Gasteiger partial charge in [-0.3, -0.25) is 9.79 Å². The monoisotopic (exact) mass is 487 g/mol. The van der Waals surface area contributed by atoms with E-state index in [0.29, 0.717) is 19.5 Å². The van der Waals surface area contributed by atoms with Gasteiger partial charge in [0.15, 0.2) is 5.96 Å². The van der Waals surface area contributed by atoms with E-state index >= 15 is 0 Å². The van der Waals surface area contributed by atoms with E-state index in [2.05, 4.69) is 73.2 Å². The lowest BCUT2D eigenvalue weighted by molar-refractivity contribution is -0.122. The number of halogens is 1. The summed E-state index contributed by atoms with van der Waals surface area (Å²) < 4.78 is 0. The fourth-order valence-electron chi connectivity index (χ4n) is 3.10. The first kappa shape index (κ1) is 23.7. The molecule has 2 atom stereocenters. The molecule has 7 heteroatoms. The Kier molecular flexibility index (Phi) is 10.1. The number of piperidine rings is 1. The average Bonchev–Trinajstić information content (AvgIpc) is 2.62. The summed E-state index contributed by atoms with van der Waals surface area (Å²) in [5.41, 5.74) is 1.13. The summed E-state index contributed by atoms with van der Waals surface area (Å²) in [6.45, 7) is 10.7. The third kappa shape index (κ3) is 8.47. The summed E-state index contributed by atoms with van der Waals surface area (Å²) in [6.07, 6.45) is 1.40. The molecule has 6 nitrogen and oxygen atoms in total. The van der Waals surface area contributed by atoms with Crippen molar-refractivity contribution in [1.29, 1.82) is 0 Å². The van der Waals surface area contributed by atoms with E-state index in [4.69, 9.17) is 4.99 Å². The Labute approximate surface area is 180 Å². The number of carbonyl (C=O) groups is 1. The maximum Gasteiger partial charge on any atom is 0.220 e. The molecule has 0 spiro atoms. The number of nitrogens with one attached hydrogen (secondary N) is 4. The van der Waals surface area contributed by atoms with Crippen LogP contribution in [0.2, 0.25) is 0 Å². The molecule has 0 radical (unpaired) electrons. The normalized spacial score (nSPS) is 18.9. The SMILES string of the molecule is CCNC(=NCC(C)(C)NC(C)c1ccccc1)NC1CCC(=O)NC1.I. The first-order chi connectivity index (χ1) is 12.4. The number of aliphatic imine (C=N–C) groups is 1. The van der Waals surface area contributed by atoms with Crippen molar-refractivity contribution in [2.24, 2.45) is 4.99 Å². The van der Waals surface area contributed by atoms with Crippen LogP contribution in [0.5, 0.6) is 0 Å². The Balaban J connectivity index is 0.00000364. The number of benzene rings is 1. The van der Waals surface area contributed by atoms with Crippen LogP contribution in [0.3, 0.4) is 0 Å². The standard InChI is InChI=1S/C20H33N5O.HI/c1-5-21-19(24-17-11-12-18(26)22-13-17)23-14-20(3,4)25-15(2)16-9-7-6-8-10-16;/h6-10,15,17,25H,5,11-14H2,1-4H3,(H,22,26)(H2,21,23,24);1H. The van der Waals surface area contributed by atoms with Gasteiger partial charge in [-0.05, 0) is 39.7 Å². The predicted molar refractivity (Wildman–Crippen MR) is 123 cm³/mol. The second-order valence-corrected chi connectivity index (χ2v) is 7.54. The Morgan fingerprint density at radius 3 is 2.63 bits per heavy atom. The summed E-state index contributed by atoms with van der Waals surface area (Å²) in [7, 11) is 0. The molecular formula is C20H34IN5O. The predicted octanol–water partition coefficient (Wildman–Crippen LogP) is 2.57.